The second kappa shape index (κ2) is 8.83. The van der Waals surface area contributed by atoms with Crippen LogP contribution in [-0.2, 0) is 0 Å². The van der Waals surface area contributed by atoms with Gasteiger partial charge in [0.1, 0.15) is 10.6 Å². The molecule has 30 heavy (non-hydrogen) atoms. The Hall–Kier alpha value is -2.93. The summed E-state index contributed by atoms with van der Waals surface area (Å²) in [5.41, 5.74) is 3.12. The Bertz CT molecular complexity index is 1280. The molecule has 2 aromatic carbocycles. The summed E-state index contributed by atoms with van der Waals surface area (Å²) in [5.74, 6) is 0.668. The Morgan fingerprint density at radius 2 is 1.80 bits per heavy atom. The predicted molar refractivity (Wildman–Crippen MR) is 126 cm³/mol. The van der Waals surface area contributed by atoms with Gasteiger partial charge in [0.25, 0.3) is 0 Å². The summed E-state index contributed by atoms with van der Waals surface area (Å²) in [4.78, 5) is 5.28. The summed E-state index contributed by atoms with van der Waals surface area (Å²) in [7, 11) is 1.59. The Balaban J connectivity index is 1.71. The van der Waals surface area contributed by atoms with Gasteiger partial charge in [-0.25, -0.2) is 4.98 Å². The van der Waals surface area contributed by atoms with E-state index in [-0.39, 0.29) is 5.88 Å². The molecule has 0 saturated heterocycles. The van der Waals surface area contributed by atoms with Crippen molar-refractivity contribution < 1.29 is 9.84 Å². The number of nitrogens with zero attached hydrogens (tertiary/aromatic N) is 2. The first-order chi connectivity index (χ1) is 14.6. The first-order valence-electron chi connectivity index (χ1n) is 9.06. The van der Waals surface area contributed by atoms with Crippen LogP contribution in [0.3, 0.4) is 0 Å². The highest BCUT2D eigenvalue weighted by Crippen LogP contribution is 2.39. The molecule has 0 radical (unpaired) electrons. The van der Waals surface area contributed by atoms with Gasteiger partial charge in [0.15, 0.2) is 3.95 Å². The first-order valence-corrected chi connectivity index (χ1v) is 10.7. The van der Waals surface area contributed by atoms with Crippen LogP contribution in [0.15, 0.2) is 66.7 Å². The van der Waals surface area contributed by atoms with E-state index in [1.807, 2.05) is 78.9 Å². The number of aromatic nitrogens is 2. The van der Waals surface area contributed by atoms with Crippen molar-refractivity contribution in [2.45, 2.75) is 0 Å². The Labute approximate surface area is 188 Å². The van der Waals surface area contributed by atoms with Gasteiger partial charge >= 0.3 is 0 Å². The van der Waals surface area contributed by atoms with Crippen LogP contribution in [0.25, 0.3) is 28.4 Å². The van der Waals surface area contributed by atoms with Crippen molar-refractivity contribution >= 4 is 47.3 Å². The number of ether oxygens (including phenoxy) is 1. The molecule has 0 amide bonds. The van der Waals surface area contributed by atoms with E-state index in [9.17, 15) is 5.11 Å². The van der Waals surface area contributed by atoms with E-state index >= 15 is 0 Å². The Morgan fingerprint density at radius 1 is 1.03 bits per heavy atom. The maximum Gasteiger partial charge on any atom is 0.217 e. The monoisotopic (exact) mass is 452 g/mol. The van der Waals surface area contributed by atoms with E-state index in [1.165, 1.54) is 11.3 Å². The topological polar surface area (TPSA) is 47.3 Å². The van der Waals surface area contributed by atoms with Gasteiger partial charge in [0.2, 0.25) is 5.88 Å². The number of hydrogen-bond donors (Lipinski definition) is 1. The van der Waals surface area contributed by atoms with Gasteiger partial charge in [0, 0.05) is 5.02 Å². The van der Waals surface area contributed by atoms with E-state index in [2.05, 4.69) is 4.98 Å². The molecule has 4 nitrogen and oxygen atoms in total. The number of methoxy groups -OCH3 is 1. The van der Waals surface area contributed by atoms with Gasteiger partial charge < -0.3 is 9.84 Å². The molecule has 150 valence electrons. The minimum atomic E-state index is 0.0424. The van der Waals surface area contributed by atoms with Crippen LogP contribution in [0.4, 0.5) is 0 Å². The lowest BCUT2D eigenvalue weighted by Crippen LogP contribution is -1.97. The summed E-state index contributed by atoms with van der Waals surface area (Å²) >= 11 is 12.8. The first kappa shape index (κ1) is 20.3. The number of rotatable bonds is 5. The largest absolute Gasteiger partial charge is 0.495 e. The molecule has 4 rings (SSSR count). The molecule has 0 bridgehead atoms. The standard InChI is InChI=1S/C23H17ClN2O2S2/c1-28-20-8-3-2-7-19(20)26-22(27)21(30-23(26)29)18-6-4-5-17(25-18)14-11-15-9-12-16(24)13-10-15/h2-14,27H,1H3/b14-11+. The van der Waals surface area contributed by atoms with Gasteiger partial charge in [-0.2, -0.15) is 0 Å². The normalized spacial score (nSPS) is 11.1. The molecule has 0 aliphatic heterocycles. The van der Waals surface area contributed by atoms with Crippen molar-refractivity contribution in [3.05, 3.63) is 87.0 Å². The molecule has 0 atom stereocenters. The highest BCUT2D eigenvalue weighted by Gasteiger charge is 2.18. The fraction of sp³-hybridized carbons (Fsp3) is 0.0435. The number of thiazole rings is 1. The molecule has 1 N–H and O–H groups in total. The maximum atomic E-state index is 10.9. The van der Waals surface area contributed by atoms with Crippen LogP contribution in [-0.4, -0.2) is 21.8 Å². The number of para-hydroxylation sites is 2. The number of benzene rings is 2. The molecule has 0 aliphatic carbocycles. The van der Waals surface area contributed by atoms with Gasteiger partial charge in [-0.1, -0.05) is 59.3 Å². The van der Waals surface area contributed by atoms with Gasteiger partial charge in [-0.3, -0.25) is 4.57 Å². The minimum absolute atomic E-state index is 0.0424. The lowest BCUT2D eigenvalue weighted by atomic mass is 10.2. The molecule has 2 heterocycles. The lowest BCUT2D eigenvalue weighted by molar-refractivity contribution is 0.406. The highest BCUT2D eigenvalue weighted by molar-refractivity contribution is 7.73. The molecule has 0 spiro atoms. The number of hydrogen-bond acceptors (Lipinski definition) is 5. The Kier molecular flexibility index (Phi) is 5.99. The second-order valence-corrected chi connectivity index (χ2v) is 8.44. The van der Waals surface area contributed by atoms with Gasteiger partial charge in [-0.05, 0) is 60.3 Å². The van der Waals surface area contributed by atoms with Crippen LogP contribution in [0.5, 0.6) is 11.6 Å². The minimum Gasteiger partial charge on any atom is -0.495 e. The maximum absolute atomic E-state index is 10.9. The van der Waals surface area contributed by atoms with Crippen LogP contribution < -0.4 is 4.74 Å². The van der Waals surface area contributed by atoms with Crippen LogP contribution in [0, 0.1) is 3.95 Å². The summed E-state index contributed by atoms with van der Waals surface area (Å²) in [6, 6.07) is 20.6. The second-order valence-electron chi connectivity index (χ2n) is 6.36. The van der Waals surface area contributed by atoms with Crippen molar-refractivity contribution in [3.8, 4) is 27.9 Å². The third-order valence-electron chi connectivity index (χ3n) is 4.43. The molecule has 0 fully saturated rings. The number of aromatic hydroxyl groups is 1. The smallest absolute Gasteiger partial charge is 0.217 e. The zero-order valence-electron chi connectivity index (χ0n) is 15.9. The average molecular weight is 453 g/mol. The quantitative estimate of drug-likeness (QED) is 0.336. The van der Waals surface area contributed by atoms with Crippen molar-refractivity contribution in [3.63, 3.8) is 0 Å². The Morgan fingerprint density at radius 3 is 2.57 bits per heavy atom. The van der Waals surface area contributed by atoms with Crippen molar-refractivity contribution in [1.82, 2.24) is 9.55 Å². The van der Waals surface area contributed by atoms with E-state index in [4.69, 9.17) is 28.6 Å². The van der Waals surface area contributed by atoms with Crippen LogP contribution in [0.2, 0.25) is 5.02 Å². The molecule has 0 saturated carbocycles. The molecule has 7 heteroatoms. The molecular weight excluding hydrogens is 436 g/mol. The summed E-state index contributed by atoms with van der Waals surface area (Å²) in [6.07, 6.45) is 3.88. The average Bonchev–Trinajstić information content (AvgIpc) is 3.07. The van der Waals surface area contributed by atoms with Gasteiger partial charge in [0.05, 0.1) is 24.2 Å². The highest BCUT2D eigenvalue weighted by atomic mass is 35.5. The van der Waals surface area contributed by atoms with E-state index in [0.29, 0.717) is 31.0 Å². The molecule has 2 aromatic heterocycles. The number of pyridine rings is 1. The van der Waals surface area contributed by atoms with Crippen molar-refractivity contribution in [2.24, 2.45) is 0 Å². The zero-order chi connectivity index (χ0) is 21.1. The molecule has 4 aromatic rings. The SMILES string of the molecule is COc1ccccc1-n1c(O)c(-c2cccc(/C=C/c3ccc(Cl)cc3)n2)sc1=S. The summed E-state index contributed by atoms with van der Waals surface area (Å²) in [6.45, 7) is 0. The fourth-order valence-corrected chi connectivity index (χ4v) is 4.40. The number of halogens is 1. The lowest BCUT2D eigenvalue weighted by Gasteiger charge is -2.10. The summed E-state index contributed by atoms with van der Waals surface area (Å²) < 4.78 is 7.53. The summed E-state index contributed by atoms with van der Waals surface area (Å²) in [5, 5.41) is 11.6. The van der Waals surface area contributed by atoms with Crippen molar-refractivity contribution in [1.29, 1.82) is 0 Å². The third-order valence-corrected chi connectivity index (χ3v) is 6.07. The molecule has 0 unspecified atom stereocenters. The van der Waals surface area contributed by atoms with Crippen LogP contribution in [0.1, 0.15) is 11.3 Å². The van der Waals surface area contributed by atoms with E-state index in [1.54, 1.807) is 11.7 Å². The third kappa shape index (κ3) is 4.16. The van der Waals surface area contributed by atoms with Crippen LogP contribution >= 0.6 is 35.2 Å². The van der Waals surface area contributed by atoms with E-state index < -0.39 is 0 Å². The molecule has 0 aliphatic rings. The molecular formula is C23H17ClN2O2S2. The van der Waals surface area contributed by atoms with E-state index in [0.717, 1.165) is 11.3 Å². The predicted octanol–water partition coefficient (Wildman–Crippen LogP) is 6.87. The van der Waals surface area contributed by atoms with Crippen molar-refractivity contribution in [2.75, 3.05) is 7.11 Å². The fourth-order valence-electron chi connectivity index (χ4n) is 2.99. The van der Waals surface area contributed by atoms with Gasteiger partial charge in [-0.15, -0.1) is 0 Å². The zero-order valence-corrected chi connectivity index (χ0v) is 18.3.